The van der Waals surface area contributed by atoms with Gasteiger partial charge < -0.3 is 9.88 Å². The highest BCUT2D eigenvalue weighted by molar-refractivity contribution is 9.10. The maximum atomic E-state index is 13.4. The molecule has 0 radical (unpaired) electrons. The van der Waals surface area contributed by atoms with Crippen molar-refractivity contribution in [1.82, 2.24) is 4.98 Å². The number of benzene rings is 3. The second-order valence-corrected chi connectivity index (χ2v) is 8.13. The van der Waals surface area contributed by atoms with Gasteiger partial charge in [-0.15, -0.1) is 0 Å². The fourth-order valence-corrected chi connectivity index (χ4v) is 4.52. The van der Waals surface area contributed by atoms with Crippen LogP contribution in [0.5, 0.6) is 0 Å². The molecule has 7 heteroatoms. The zero-order chi connectivity index (χ0) is 20.8. The molecule has 6 nitrogen and oxygen atoms in total. The second kappa shape index (κ2) is 7.11. The minimum atomic E-state index is -0.508. The van der Waals surface area contributed by atoms with E-state index in [4.69, 9.17) is 0 Å². The van der Waals surface area contributed by atoms with Crippen LogP contribution >= 0.6 is 15.9 Å². The van der Waals surface area contributed by atoms with Crippen LogP contribution in [0, 0.1) is 10.1 Å². The van der Waals surface area contributed by atoms with Crippen LogP contribution in [0.4, 0.5) is 11.4 Å². The molecule has 2 atom stereocenters. The van der Waals surface area contributed by atoms with Crippen molar-refractivity contribution >= 4 is 44.1 Å². The molecule has 1 aliphatic heterocycles. The summed E-state index contributed by atoms with van der Waals surface area (Å²) in [6.07, 6.45) is 1.84. The number of para-hydroxylation sites is 2. The molecule has 1 fully saturated rings. The van der Waals surface area contributed by atoms with Gasteiger partial charge in [0.2, 0.25) is 5.91 Å². The number of β-lactam (4-membered cyclic amide) rings is 1. The Morgan fingerprint density at radius 2 is 1.63 bits per heavy atom. The van der Waals surface area contributed by atoms with E-state index in [9.17, 15) is 14.9 Å². The summed E-state index contributed by atoms with van der Waals surface area (Å²) < 4.78 is 0.898. The Bertz CT molecular complexity index is 1280. The Labute approximate surface area is 180 Å². The summed E-state index contributed by atoms with van der Waals surface area (Å²) in [5.74, 6) is -0.587. The number of hydrogen-bond acceptors (Lipinski definition) is 3. The lowest BCUT2D eigenvalue weighted by molar-refractivity contribution is -0.385. The molecule has 2 heterocycles. The van der Waals surface area contributed by atoms with Crippen LogP contribution in [0.1, 0.15) is 23.1 Å². The average molecular weight is 462 g/mol. The van der Waals surface area contributed by atoms with Gasteiger partial charge in [-0.25, -0.2) is 0 Å². The predicted octanol–water partition coefficient (Wildman–Crippen LogP) is 5.71. The van der Waals surface area contributed by atoms with Crippen molar-refractivity contribution in [2.45, 2.75) is 12.0 Å². The quantitative estimate of drug-likeness (QED) is 0.240. The van der Waals surface area contributed by atoms with Gasteiger partial charge in [0.1, 0.15) is 0 Å². The maximum Gasteiger partial charge on any atom is 0.274 e. The van der Waals surface area contributed by atoms with Crippen molar-refractivity contribution in [3.8, 4) is 0 Å². The van der Waals surface area contributed by atoms with Crippen LogP contribution in [-0.4, -0.2) is 15.8 Å². The Morgan fingerprint density at radius 3 is 2.40 bits per heavy atom. The fourth-order valence-electron chi connectivity index (χ4n) is 4.26. The highest BCUT2D eigenvalue weighted by atomic mass is 79.9. The number of hydrogen-bond donors (Lipinski definition) is 1. The van der Waals surface area contributed by atoms with Crippen LogP contribution in [0.3, 0.4) is 0 Å². The summed E-state index contributed by atoms with van der Waals surface area (Å²) in [4.78, 5) is 29.6. The lowest BCUT2D eigenvalue weighted by atomic mass is 9.76. The molecular weight excluding hydrogens is 446 g/mol. The van der Waals surface area contributed by atoms with Crippen LogP contribution in [-0.2, 0) is 4.79 Å². The second-order valence-electron chi connectivity index (χ2n) is 7.21. The van der Waals surface area contributed by atoms with E-state index in [1.807, 2.05) is 54.7 Å². The van der Waals surface area contributed by atoms with E-state index in [0.29, 0.717) is 11.3 Å². The number of carbonyl (C=O) groups excluding carboxylic acids is 1. The molecule has 1 saturated heterocycles. The third-order valence-electron chi connectivity index (χ3n) is 5.61. The number of carbonyl (C=O) groups is 1. The topological polar surface area (TPSA) is 79.2 Å². The van der Waals surface area contributed by atoms with Gasteiger partial charge in [-0.2, -0.15) is 0 Å². The molecule has 0 bridgehead atoms. The summed E-state index contributed by atoms with van der Waals surface area (Å²) >= 11 is 3.41. The normalized spacial score (nSPS) is 18.4. The number of halogens is 1. The van der Waals surface area contributed by atoms with E-state index in [1.54, 1.807) is 23.1 Å². The predicted molar refractivity (Wildman–Crippen MR) is 119 cm³/mol. The lowest BCUT2D eigenvalue weighted by Crippen LogP contribution is -2.53. The molecule has 1 amide bonds. The van der Waals surface area contributed by atoms with E-state index in [1.165, 1.54) is 6.07 Å². The smallest absolute Gasteiger partial charge is 0.274 e. The van der Waals surface area contributed by atoms with Gasteiger partial charge in [-0.05, 0) is 35.9 Å². The summed E-state index contributed by atoms with van der Waals surface area (Å²) in [7, 11) is 0. The molecule has 1 aromatic heterocycles. The van der Waals surface area contributed by atoms with E-state index >= 15 is 0 Å². The van der Waals surface area contributed by atoms with Gasteiger partial charge in [0, 0.05) is 33.3 Å². The van der Waals surface area contributed by atoms with Crippen molar-refractivity contribution in [1.29, 1.82) is 0 Å². The number of fused-ring (bicyclic) bond motifs is 1. The molecule has 0 aliphatic carbocycles. The largest absolute Gasteiger partial charge is 0.361 e. The van der Waals surface area contributed by atoms with E-state index in [2.05, 4.69) is 20.9 Å². The molecular formula is C23H16BrN3O3. The SMILES string of the molecule is O=C1C(c2c[nH]c3ccccc23)C(c2ccccc2[N+](=O)[O-])N1c1ccc(Br)cc1. The number of amides is 1. The first-order valence-electron chi connectivity index (χ1n) is 9.44. The molecule has 5 rings (SSSR count). The molecule has 148 valence electrons. The summed E-state index contributed by atoms with van der Waals surface area (Å²) in [5, 5.41) is 12.7. The van der Waals surface area contributed by atoms with Gasteiger partial charge in [-0.1, -0.05) is 52.3 Å². The molecule has 1 N–H and O–H groups in total. The Balaban J connectivity index is 1.68. The summed E-state index contributed by atoms with van der Waals surface area (Å²) in [6, 6.07) is 21.4. The van der Waals surface area contributed by atoms with Crippen molar-refractivity contribution in [2.24, 2.45) is 0 Å². The van der Waals surface area contributed by atoms with Crippen molar-refractivity contribution < 1.29 is 9.72 Å². The van der Waals surface area contributed by atoms with E-state index in [-0.39, 0.29) is 16.5 Å². The number of nitrogens with zero attached hydrogens (tertiary/aromatic N) is 2. The monoisotopic (exact) mass is 461 g/mol. The number of aromatic nitrogens is 1. The highest BCUT2D eigenvalue weighted by Gasteiger charge is 2.52. The number of nitro benzene ring substituents is 1. The number of anilines is 1. The molecule has 2 unspecified atom stereocenters. The van der Waals surface area contributed by atoms with Gasteiger partial charge in [0.05, 0.1) is 22.4 Å². The highest BCUT2D eigenvalue weighted by Crippen LogP contribution is 2.52. The zero-order valence-corrected chi connectivity index (χ0v) is 17.2. The molecule has 0 saturated carbocycles. The molecule has 4 aromatic rings. The van der Waals surface area contributed by atoms with Crippen LogP contribution in [0.2, 0.25) is 0 Å². The first kappa shape index (κ1) is 18.6. The minimum Gasteiger partial charge on any atom is -0.361 e. The molecule has 3 aromatic carbocycles. The molecule has 0 spiro atoms. The van der Waals surface area contributed by atoms with Gasteiger partial charge >= 0.3 is 0 Å². The van der Waals surface area contributed by atoms with Gasteiger partial charge in [0.25, 0.3) is 5.69 Å². The zero-order valence-electron chi connectivity index (χ0n) is 15.7. The Morgan fingerprint density at radius 1 is 0.933 bits per heavy atom. The van der Waals surface area contributed by atoms with Crippen molar-refractivity contribution in [3.05, 3.63) is 105 Å². The Hall–Kier alpha value is -3.45. The number of nitrogens with one attached hydrogen (secondary N) is 1. The minimum absolute atomic E-state index is 0.0157. The van der Waals surface area contributed by atoms with Crippen molar-refractivity contribution in [2.75, 3.05) is 4.90 Å². The first-order chi connectivity index (χ1) is 14.6. The number of nitro groups is 1. The molecule has 30 heavy (non-hydrogen) atoms. The fraction of sp³-hybridized carbons (Fsp3) is 0.0870. The van der Waals surface area contributed by atoms with Crippen LogP contribution in [0.15, 0.2) is 83.5 Å². The number of aromatic amines is 1. The third kappa shape index (κ3) is 2.81. The summed E-state index contributed by atoms with van der Waals surface area (Å²) in [6.45, 7) is 0. The number of rotatable bonds is 4. The van der Waals surface area contributed by atoms with Crippen LogP contribution < -0.4 is 4.90 Å². The molecule has 1 aliphatic rings. The van der Waals surface area contributed by atoms with Crippen LogP contribution in [0.25, 0.3) is 10.9 Å². The standard InChI is InChI=1S/C23H16BrN3O3/c24-14-9-11-15(12-10-14)26-22(17-6-2-4-8-20(17)27(29)30)21(23(26)28)18-13-25-19-7-3-1-5-16(18)19/h1-13,21-22,25H. The maximum absolute atomic E-state index is 13.4. The van der Waals surface area contributed by atoms with Gasteiger partial charge in [0.15, 0.2) is 0 Å². The van der Waals surface area contributed by atoms with Crippen molar-refractivity contribution in [3.63, 3.8) is 0 Å². The van der Waals surface area contributed by atoms with Gasteiger partial charge in [-0.3, -0.25) is 14.9 Å². The third-order valence-corrected chi connectivity index (χ3v) is 6.14. The number of H-pyrrole nitrogens is 1. The first-order valence-corrected chi connectivity index (χ1v) is 10.2. The average Bonchev–Trinajstić information content (AvgIpc) is 3.17. The lowest BCUT2D eigenvalue weighted by Gasteiger charge is -2.47. The van der Waals surface area contributed by atoms with E-state index in [0.717, 1.165) is 20.9 Å². The summed E-state index contributed by atoms with van der Waals surface area (Å²) in [5.41, 5.74) is 3.04. The van der Waals surface area contributed by atoms with E-state index < -0.39 is 12.0 Å². The Kier molecular flexibility index (Phi) is 4.40.